The summed E-state index contributed by atoms with van der Waals surface area (Å²) in [6.07, 6.45) is -7.06. The van der Waals surface area contributed by atoms with E-state index in [0.717, 1.165) is 11.6 Å². The molecule has 2 unspecified atom stereocenters. The van der Waals surface area contributed by atoms with Gasteiger partial charge in [0.15, 0.2) is 12.1 Å². The summed E-state index contributed by atoms with van der Waals surface area (Å²) in [6.45, 7) is 3.97. The normalized spacial score (nSPS) is 13.2. The summed E-state index contributed by atoms with van der Waals surface area (Å²) in [7, 11) is 0. The van der Waals surface area contributed by atoms with E-state index in [1.165, 1.54) is 30.3 Å². The quantitative estimate of drug-likeness (QED) is 0.220. The number of nitrogens with zero attached hydrogens (tertiary/aromatic N) is 1. The second kappa shape index (κ2) is 11.0. The van der Waals surface area contributed by atoms with Crippen LogP contribution in [0.4, 0.5) is 24.8 Å². The Bertz CT molecular complexity index is 1490. The fourth-order valence-corrected chi connectivity index (χ4v) is 4.00. The maximum Gasteiger partial charge on any atom is 0.573 e. The number of aromatic nitrogens is 2. The Morgan fingerprint density at radius 1 is 1.05 bits per heavy atom. The summed E-state index contributed by atoms with van der Waals surface area (Å²) >= 11 is 0. The van der Waals surface area contributed by atoms with Gasteiger partial charge >= 0.3 is 6.36 Å². The number of amides is 2. The van der Waals surface area contributed by atoms with Crippen molar-refractivity contribution in [2.45, 2.75) is 38.3 Å². The molecule has 0 spiro atoms. The zero-order chi connectivity index (χ0) is 28.3. The van der Waals surface area contributed by atoms with Crippen LogP contribution in [0.2, 0.25) is 0 Å². The van der Waals surface area contributed by atoms with E-state index in [9.17, 15) is 27.9 Å². The second-order valence-electron chi connectivity index (χ2n) is 9.10. The Hall–Kier alpha value is -4.58. The van der Waals surface area contributed by atoms with Crippen molar-refractivity contribution in [2.75, 3.05) is 11.1 Å². The van der Waals surface area contributed by atoms with Crippen LogP contribution in [0.15, 0.2) is 66.7 Å². The van der Waals surface area contributed by atoms with Crippen LogP contribution in [0.3, 0.4) is 0 Å². The van der Waals surface area contributed by atoms with Gasteiger partial charge in [-0.25, -0.2) is 4.98 Å². The second-order valence-corrected chi connectivity index (χ2v) is 9.10. The molecule has 2 atom stereocenters. The number of hydrogen-bond acceptors (Lipinski definition) is 6. The summed E-state index contributed by atoms with van der Waals surface area (Å²) in [5, 5.41) is 16.0. The van der Waals surface area contributed by atoms with Gasteiger partial charge in [0.2, 0.25) is 0 Å². The minimum absolute atomic E-state index is 0.166. The summed E-state index contributed by atoms with van der Waals surface area (Å²) in [6, 6.07) is 14.6. The highest BCUT2D eigenvalue weighted by Crippen LogP contribution is 2.32. The molecule has 6 N–H and O–H groups in total. The molecular formula is C27H26F3N5O4. The van der Waals surface area contributed by atoms with Gasteiger partial charge in [-0.3, -0.25) is 9.59 Å². The Morgan fingerprint density at radius 2 is 1.74 bits per heavy atom. The molecule has 39 heavy (non-hydrogen) atoms. The number of fused-ring (bicyclic) bond motifs is 1. The maximum absolute atomic E-state index is 13.1. The molecule has 0 aliphatic carbocycles. The van der Waals surface area contributed by atoms with E-state index in [1.807, 2.05) is 13.8 Å². The molecule has 0 saturated carbocycles. The number of aliphatic hydroxyl groups excluding tert-OH is 1. The van der Waals surface area contributed by atoms with Crippen molar-refractivity contribution >= 4 is 34.5 Å². The Balaban J connectivity index is 1.65. The largest absolute Gasteiger partial charge is 0.573 e. The number of ether oxygens (including phenoxy) is 1. The van der Waals surface area contributed by atoms with Crippen molar-refractivity contribution in [3.8, 4) is 5.75 Å². The number of carbonyl (C=O) groups is 2. The van der Waals surface area contributed by atoms with Crippen LogP contribution in [0, 0.1) is 0 Å². The van der Waals surface area contributed by atoms with Crippen LogP contribution in [0.5, 0.6) is 5.75 Å². The molecule has 1 aromatic heterocycles. The lowest BCUT2D eigenvalue weighted by Gasteiger charge is -2.26. The molecule has 4 rings (SSSR count). The molecule has 4 aromatic rings. The van der Waals surface area contributed by atoms with E-state index in [-0.39, 0.29) is 28.7 Å². The minimum atomic E-state index is -5.05. The Kier molecular flexibility index (Phi) is 7.77. The number of alkyl halides is 3. The van der Waals surface area contributed by atoms with Gasteiger partial charge in [-0.05, 0) is 47.9 Å². The standard InChI is InChI=1S/C27H26F3N5O4/c1-14(2)15-7-9-16(10-8-15)24(37)35-22(18-5-3-4-6-21(18)39-27(28,29)30)23(36)25(38)32-17-11-12-19-20(13-17)34-26(31)33-19/h3-14,22-23,36H,1-2H3,(H,32,38)(H,35,37)(H3,31,33,34). The zero-order valence-electron chi connectivity index (χ0n) is 20.9. The number of carbonyl (C=O) groups excluding carboxylic acids is 2. The van der Waals surface area contributed by atoms with E-state index in [1.54, 1.807) is 30.3 Å². The number of para-hydroxylation sites is 1. The third kappa shape index (κ3) is 6.65. The van der Waals surface area contributed by atoms with Crippen molar-refractivity contribution < 1.29 is 32.6 Å². The van der Waals surface area contributed by atoms with E-state index in [0.29, 0.717) is 11.0 Å². The lowest BCUT2D eigenvalue weighted by Crippen LogP contribution is -2.43. The summed E-state index contributed by atoms with van der Waals surface area (Å²) in [5.74, 6) is -1.99. The first-order valence-corrected chi connectivity index (χ1v) is 11.9. The third-order valence-corrected chi connectivity index (χ3v) is 5.96. The number of halogens is 3. The molecule has 0 aliphatic rings. The monoisotopic (exact) mass is 541 g/mol. The van der Waals surface area contributed by atoms with Crippen LogP contribution >= 0.6 is 0 Å². The first-order valence-electron chi connectivity index (χ1n) is 11.9. The maximum atomic E-state index is 13.1. The number of H-pyrrole nitrogens is 1. The number of hydrogen-bond donors (Lipinski definition) is 5. The molecule has 12 heteroatoms. The predicted molar refractivity (Wildman–Crippen MR) is 139 cm³/mol. The lowest BCUT2D eigenvalue weighted by molar-refractivity contribution is -0.275. The number of nitrogens with one attached hydrogen (secondary N) is 3. The number of benzene rings is 3. The molecule has 9 nitrogen and oxygen atoms in total. The van der Waals surface area contributed by atoms with E-state index in [2.05, 4.69) is 25.3 Å². The Morgan fingerprint density at radius 3 is 2.41 bits per heavy atom. The van der Waals surface area contributed by atoms with E-state index >= 15 is 0 Å². The van der Waals surface area contributed by atoms with E-state index in [4.69, 9.17) is 5.73 Å². The average molecular weight is 542 g/mol. The molecular weight excluding hydrogens is 515 g/mol. The molecule has 1 heterocycles. The molecule has 2 amide bonds. The first kappa shape index (κ1) is 27.5. The van der Waals surface area contributed by atoms with Gasteiger partial charge in [0.1, 0.15) is 5.75 Å². The lowest BCUT2D eigenvalue weighted by atomic mass is 9.98. The predicted octanol–water partition coefficient (Wildman–Crippen LogP) is 4.64. The van der Waals surface area contributed by atoms with Crippen molar-refractivity contribution in [1.29, 1.82) is 0 Å². The van der Waals surface area contributed by atoms with E-state index < -0.39 is 36.1 Å². The number of anilines is 2. The Labute approximate surface area is 221 Å². The highest BCUT2D eigenvalue weighted by atomic mass is 19.4. The van der Waals surface area contributed by atoms with Crippen molar-refractivity contribution in [2.24, 2.45) is 0 Å². The number of nitrogens with two attached hydrogens (primary N) is 1. The molecule has 3 aromatic carbocycles. The zero-order valence-corrected chi connectivity index (χ0v) is 20.9. The first-order chi connectivity index (χ1) is 18.4. The van der Waals surface area contributed by atoms with Gasteiger partial charge in [0.05, 0.1) is 17.1 Å². The molecule has 0 saturated heterocycles. The highest BCUT2D eigenvalue weighted by molar-refractivity contribution is 5.98. The fourth-order valence-electron chi connectivity index (χ4n) is 4.00. The number of rotatable bonds is 8. The third-order valence-electron chi connectivity index (χ3n) is 5.96. The summed E-state index contributed by atoms with van der Waals surface area (Å²) < 4.78 is 43.5. The molecule has 0 radical (unpaired) electrons. The van der Waals surface area contributed by atoms with Gasteiger partial charge in [-0.15, -0.1) is 13.2 Å². The number of aliphatic hydroxyl groups is 1. The van der Waals surface area contributed by atoms with Crippen LogP contribution in [-0.4, -0.2) is 39.4 Å². The SMILES string of the molecule is CC(C)c1ccc(C(=O)NC(c2ccccc2OC(F)(F)F)C(O)C(=O)Nc2ccc3nc(N)[nH]c3c2)cc1. The summed E-state index contributed by atoms with van der Waals surface area (Å²) in [4.78, 5) is 33.0. The topological polar surface area (TPSA) is 142 Å². The van der Waals surface area contributed by atoms with Crippen molar-refractivity contribution in [1.82, 2.24) is 15.3 Å². The number of aromatic amines is 1. The number of imidazole rings is 1. The van der Waals surface area contributed by atoms with Gasteiger partial charge < -0.3 is 31.2 Å². The van der Waals surface area contributed by atoms with Gasteiger partial charge in [-0.2, -0.15) is 0 Å². The highest BCUT2D eigenvalue weighted by Gasteiger charge is 2.36. The van der Waals surface area contributed by atoms with Crippen LogP contribution in [0.25, 0.3) is 11.0 Å². The molecule has 0 fully saturated rings. The van der Waals surface area contributed by atoms with Crippen LogP contribution in [-0.2, 0) is 4.79 Å². The van der Waals surface area contributed by atoms with Crippen LogP contribution < -0.4 is 21.1 Å². The number of nitrogen functional groups attached to an aromatic ring is 1. The molecule has 204 valence electrons. The van der Waals surface area contributed by atoms with Crippen LogP contribution in [0.1, 0.15) is 47.3 Å². The van der Waals surface area contributed by atoms with Gasteiger partial charge in [-0.1, -0.05) is 44.2 Å². The van der Waals surface area contributed by atoms with Crippen molar-refractivity contribution in [3.63, 3.8) is 0 Å². The summed E-state index contributed by atoms with van der Waals surface area (Å²) in [5.41, 5.74) is 7.86. The smallest absolute Gasteiger partial charge is 0.405 e. The van der Waals surface area contributed by atoms with Crippen molar-refractivity contribution in [3.05, 3.63) is 83.4 Å². The molecule has 0 bridgehead atoms. The van der Waals surface area contributed by atoms with Gasteiger partial charge in [0.25, 0.3) is 11.8 Å². The van der Waals surface area contributed by atoms with Gasteiger partial charge in [0, 0.05) is 16.8 Å². The minimum Gasteiger partial charge on any atom is -0.405 e. The fraction of sp³-hybridized carbons (Fsp3) is 0.222. The average Bonchev–Trinajstić information content (AvgIpc) is 3.25. The molecule has 0 aliphatic heterocycles.